The van der Waals surface area contributed by atoms with E-state index in [1.807, 2.05) is 0 Å². The first-order valence-electron chi connectivity index (χ1n) is 6.66. The Labute approximate surface area is 98.9 Å². The van der Waals surface area contributed by atoms with E-state index < -0.39 is 0 Å². The number of hydrogen-bond donors (Lipinski definition) is 1. The molecule has 2 aliphatic rings. The average molecular weight is 227 g/mol. The summed E-state index contributed by atoms with van der Waals surface area (Å²) in [5.74, 6) is 0.731. The number of ether oxygens (including phenoxy) is 2. The second kappa shape index (κ2) is 5.48. The van der Waals surface area contributed by atoms with Gasteiger partial charge in [-0.05, 0) is 44.6 Å². The molecule has 1 aliphatic carbocycles. The minimum Gasteiger partial charge on any atom is -0.383 e. The van der Waals surface area contributed by atoms with Gasteiger partial charge in [-0.15, -0.1) is 0 Å². The molecule has 3 nitrogen and oxygen atoms in total. The van der Waals surface area contributed by atoms with Crippen molar-refractivity contribution >= 4 is 0 Å². The van der Waals surface area contributed by atoms with Crippen molar-refractivity contribution < 1.29 is 9.47 Å². The van der Waals surface area contributed by atoms with Gasteiger partial charge in [0.25, 0.3) is 0 Å². The van der Waals surface area contributed by atoms with Crippen LogP contribution in [-0.2, 0) is 9.47 Å². The van der Waals surface area contributed by atoms with E-state index in [2.05, 4.69) is 12.2 Å². The highest BCUT2D eigenvalue weighted by molar-refractivity contribution is 4.96. The van der Waals surface area contributed by atoms with Crippen LogP contribution in [0.3, 0.4) is 0 Å². The fourth-order valence-electron chi connectivity index (χ4n) is 3.13. The Hall–Kier alpha value is -0.120. The third-order valence-corrected chi connectivity index (χ3v) is 4.18. The first kappa shape index (κ1) is 12.3. The molecule has 0 radical (unpaired) electrons. The highest BCUT2D eigenvalue weighted by atomic mass is 16.5. The molecule has 2 fully saturated rings. The number of hydrogen-bond acceptors (Lipinski definition) is 3. The zero-order valence-corrected chi connectivity index (χ0v) is 10.6. The molecule has 1 spiro atoms. The van der Waals surface area contributed by atoms with Crippen LogP contribution in [0.4, 0.5) is 0 Å². The second-order valence-electron chi connectivity index (χ2n) is 5.26. The van der Waals surface area contributed by atoms with Crippen LogP contribution in [-0.4, -0.2) is 38.5 Å². The molecule has 2 atom stereocenters. The third kappa shape index (κ3) is 2.58. The van der Waals surface area contributed by atoms with Crippen molar-refractivity contribution in [2.75, 3.05) is 26.9 Å². The number of methoxy groups -OCH3 is 1. The smallest absolute Gasteiger partial charge is 0.0685 e. The monoisotopic (exact) mass is 227 g/mol. The van der Waals surface area contributed by atoms with Crippen molar-refractivity contribution in [1.29, 1.82) is 0 Å². The van der Waals surface area contributed by atoms with Crippen LogP contribution in [0.15, 0.2) is 0 Å². The van der Waals surface area contributed by atoms with Crippen molar-refractivity contribution in [3.05, 3.63) is 0 Å². The summed E-state index contributed by atoms with van der Waals surface area (Å²) >= 11 is 0. The number of rotatable bonds is 5. The Morgan fingerprint density at radius 2 is 2.31 bits per heavy atom. The zero-order chi connectivity index (χ0) is 11.4. The standard InChI is InChI=1S/C13H25NO2/c1-3-14-12(10-15-2)11-5-8-16-13(9-11)6-4-7-13/h11-12,14H,3-10H2,1-2H3. The lowest BCUT2D eigenvalue weighted by Gasteiger charge is -2.48. The van der Waals surface area contributed by atoms with Crippen LogP contribution in [0.5, 0.6) is 0 Å². The predicted molar refractivity (Wildman–Crippen MR) is 64.6 cm³/mol. The summed E-state index contributed by atoms with van der Waals surface area (Å²) in [6.45, 7) is 4.96. The maximum Gasteiger partial charge on any atom is 0.0685 e. The van der Waals surface area contributed by atoms with Gasteiger partial charge in [0.15, 0.2) is 0 Å². The lowest BCUT2D eigenvalue weighted by Crippen LogP contribution is -2.51. The molecule has 0 aromatic heterocycles. The van der Waals surface area contributed by atoms with Gasteiger partial charge < -0.3 is 14.8 Å². The summed E-state index contributed by atoms with van der Waals surface area (Å²) in [5.41, 5.74) is 0.254. The normalized spacial score (nSPS) is 30.0. The lowest BCUT2D eigenvalue weighted by atomic mass is 9.70. The van der Waals surface area contributed by atoms with Crippen molar-refractivity contribution in [1.82, 2.24) is 5.32 Å². The lowest BCUT2D eigenvalue weighted by molar-refractivity contribution is -0.148. The summed E-state index contributed by atoms with van der Waals surface area (Å²) in [6.07, 6.45) is 6.31. The van der Waals surface area contributed by atoms with Gasteiger partial charge in [0.1, 0.15) is 0 Å². The van der Waals surface area contributed by atoms with Gasteiger partial charge in [0, 0.05) is 19.8 Å². The molecule has 16 heavy (non-hydrogen) atoms. The first-order chi connectivity index (χ1) is 7.79. The Morgan fingerprint density at radius 3 is 2.88 bits per heavy atom. The van der Waals surface area contributed by atoms with E-state index in [0.29, 0.717) is 6.04 Å². The second-order valence-corrected chi connectivity index (χ2v) is 5.26. The van der Waals surface area contributed by atoms with E-state index in [9.17, 15) is 0 Å². The maximum absolute atomic E-state index is 5.97. The molecule has 2 rings (SSSR count). The predicted octanol–water partition coefficient (Wildman–Crippen LogP) is 1.96. The minimum atomic E-state index is 0.254. The fourth-order valence-corrected chi connectivity index (χ4v) is 3.13. The van der Waals surface area contributed by atoms with Crippen molar-refractivity contribution in [2.24, 2.45) is 5.92 Å². The highest BCUT2D eigenvalue weighted by Gasteiger charge is 2.44. The van der Waals surface area contributed by atoms with Crippen LogP contribution in [0, 0.1) is 5.92 Å². The van der Waals surface area contributed by atoms with E-state index in [-0.39, 0.29) is 5.60 Å². The van der Waals surface area contributed by atoms with Gasteiger partial charge in [0.2, 0.25) is 0 Å². The van der Waals surface area contributed by atoms with E-state index in [1.165, 1.54) is 32.1 Å². The summed E-state index contributed by atoms with van der Waals surface area (Å²) in [4.78, 5) is 0. The molecule has 1 saturated carbocycles. The quantitative estimate of drug-likeness (QED) is 0.779. The molecule has 0 aromatic rings. The van der Waals surface area contributed by atoms with E-state index >= 15 is 0 Å². The van der Waals surface area contributed by atoms with Crippen LogP contribution >= 0.6 is 0 Å². The molecule has 1 N–H and O–H groups in total. The van der Waals surface area contributed by atoms with Crippen molar-refractivity contribution in [3.63, 3.8) is 0 Å². The number of likely N-dealkylation sites (N-methyl/N-ethyl adjacent to an activating group) is 1. The molecule has 94 valence electrons. The number of nitrogens with one attached hydrogen (secondary N) is 1. The Bertz CT molecular complexity index is 210. The van der Waals surface area contributed by atoms with Crippen molar-refractivity contribution in [2.45, 2.75) is 50.7 Å². The summed E-state index contributed by atoms with van der Waals surface area (Å²) in [5, 5.41) is 3.56. The molecule has 0 amide bonds. The maximum atomic E-state index is 5.97. The largest absolute Gasteiger partial charge is 0.383 e. The topological polar surface area (TPSA) is 30.5 Å². The highest BCUT2D eigenvalue weighted by Crippen LogP contribution is 2.44. The molecule has 1 saturated heterocycles. The van der Waals surface area contributed by atoms with Crippen LogP contribution < -0.4 is 5.32 Å². The Morgan fingerprint density at radius 1 is 1.50 bits per heavy atom. The molecule has 1 heterocycles. The van der Waals surface area contributed by atoms with Crippen molar-refractivity contribution in [3.8, 4) is 0 Å². The average Bonchev–Trinajstić information content (AvgIpc) is 2.27. The van der Waals surface area contributed by atoms with Crippen LogP contribution in [0.25, 0.3) is 0 Å². The molecular weight excluding hydrogens is 202 g/mol. The van der Waals surface area contributed by atoms with Gasteiger partial charge in [-0.3, -0.25) is 0 Å². The van der Waals surface area contributed by atoms with E-state index in [4.69, 9.17) is 9.47 Å². The third-order valence-electron chi connectivity index (χ3n) is 4.18. The Kier molecular flexibility index (Phi) is 4.22. The summed E-state index contributed by atoms with van der Waals surface area (Å²) in [7, 11) is 1.79. The van der Waals surface area contributed by atoms with Crippen LogP contribution in [0.2, 0.25) is 0 Å². The fraction of sp³-hybridized carbons (Fsp3) is 1.00. The summed E-state index contributed by atoms with van der Waals surface area (Å²) < 4.78 is 11.3. The Balaban J connectivity index is 1.90. The zero-order valence-electron chi connectivity index (χ0n) is 10.6. The van der Waals surface area contributed by atoms with E-state index in [0.717, 1.165) is 25.7 Å². The molecular formula is C13H25NO2. The van der Waals surface area contributed by atoms with E-state index in [1.54, 1.807) is 7.11 Å². The van der Waals surface area contributed by atoms with Gasteiger partial charge >= 0.3 is 0 Å². The minimum absolute atomic E-state index is 0.254. The molecule has 1 aliphatic heterocycles. The SMILES string of the molecule is CCNC(COC)C1CCOC2(CCC2)C1. The molecule has 0 aromatic carbocycles. The van der Waals surface area contributed by atoms with Gasteiger partial charge in [0.05, 0.1) is 12.2 Å². The molecule has 2 unspecified atom stereocenters. The van der Waals surface area contributed by atoms with Gasteiger partial charge in [-0.25, -0.2) is 0 Å². The first-order valence-corrected chi connectivity index (χ1v) is 6.66. The molecule has 3 heteroatoms. The van der Waals surface area contributed by atoms with Crippen LogP contribution in [0.1, 0.15) is 39.0 Å². The van der Waals surface area contributed by atoms with Gasteiger partial charge in [-0.1, -0.05) is 6.92 Å². The summed E-state index contributed by atoms with van der Waals surface area (Å²) in [6, 6.07) is 0.511. The molecule has 0 bridgehead atoms. The van der Waals surface area contributed by atoms with Gasteiger partial charge in [-0.2, -0.15) is 0 Å².